The monoisotopic (exact) mass is 282 g/mol. The van der Waals surface area contributed by atoms with Crippen LogP contribution in [0.2, 0.25) is 0 Å². The molecule has 1 aliphatic heterocycles. The second-order valence-corrected chi connectivity index (χ2v) is 5.45. The van der Waals surface area contributed by atoms with Crippen LogP contribution in [0.25, 0.3) is 0 Å². The number of aryl methyl sites for hydroxylation is 1. The van der Waals surface area contributed by atoms with Gasteiger partial charge in [0.2, 0.25) is 0 Å². The van der Waals surface area contributed by atoms with Gasteiger partial charge in [-0.25, -0.2) is 4.98 Å². The molecule has 1 unspecified atom stereocenters. The average molecular weight is 283 g/mol. The van der Waals surface area contributed by atoms with Crippen LogP contribution < -0.4 is 4.90 Å². The minimum Gasteiger partial charge on any atom is -0.355 e. The van der Waals surface area contributed by atoms with Crippen molar-refractivity contribution < 1.29 is 0 Å². The molecule has 1 aliphatic rings. The molecule has 1 atom stereocenters. The number of anilines is 1. The van der Waals surface area contributed by atoms with E-state index in [-0.39, 0.29) is 0 Å². The molecule has 16 heavy (non-hydrogen) atoms. The largest absolute Gasteiger partial charge is 0.355 e. The summed E-state index contributed by atoms with van der Waals surface area (Å²) in [6.07, 6.45) is 5.86. The molecule has 1 saturated heterocycles. The van der Waals surface area contributed by atoms with E-state index in [1.165, 1.54) is 31.4 Å². The van der Waals surface area contributed by atoms with E-state index in [4.69, 9.17) is 0 Å². The highest BCUT2D eigenvalue weighted by atomic mass is 79.9. The first-order valence-electron chi connectivity index (χ1n) is 6.08. The summed E-state index contributed by atoms with van der Waals surface area (Å²) in [5.41, 5.74) is 1.27. The lowest BCUT2D eigenvalue weighted by atomic mass is 10.0. The zero-order valence-corrected chi connectivity index (χ0v) is 11.6. The Labute approximate surface area is 106 Å². The number of rotatable bonds is 3. The van der Waals surface area contributed by atoms with Crippen LogP contribution in [0, 0.1) is 12.8 Å². The number of hydrogen-bond acceptors (Lipinski definition) is 2. The van der Waals surface area contributed by atoms with Crippen LogP contribution in [0.3, 0.4) is 0 Å². The van der Waals surface area contributed by atoms with Crippen molar-refractivity contribution in [1.82, 2.24) is 4.98 Å². The molecule has 1 aromatic rings. The maximum Gasteiger partial charge on any atom is 0.143 e. The van der Waals surface area contributed by atoms with Crippen molar-refractivity contribution >= 4 is 21.7 Å². The molecular weight excluding hydrogens is 264 g/mol. The number of aromatic nitrogens is 1. The SMILES string of the molecule is CCCC1CCN(c2nccc(C)c2Br)C1. The fraction of sp³-hybridized carbons (Fsp3) is 0.615. The van der Waals surface area contributed by atoms with Gasteiger partial charge in [0.1, 0.15) is 5.82 Å². The van der Waals surface area contributed by atoms with E-state index in [1.54, 1.807) is 0 Å². The lowest BCUT2D eigenvalue weighted by Gasteiger charge is -2.19. The van der Waals surface area contributed by atoms with Crippen molar-refractivity contribution in [3.8, 4) is 0 Å². The topological polar surface area (TPSA) is 16.1 Å². The van der Waals surface area contributed by atoms with E-state index in [2.05, 4.69) is 39.7 Å². The highest BCUT2D eigenvalue weighted by Gasteiger charge is 2.24. The predicted molar refractivity (Wildman–Crippen MR) is 71.9 cm³/mol. The molecule has 2 nitrogen and oxygen atoms in total. The summed E-state index contributed by atoms with van der Waals surface area (Å²) in [4.78, 5) is 6.91. The molecule has 2 heterocycles. The average Bonchev–Trinajstić information content (AvgIpc) is 2.71. The Morgan fingerprint density at radius 1 is 1.56 bits per heavy atom. The van der Waals surface area contributed by atoms with Gasteiger partial charge in [-0.15, -0.1) is 0 Å². The maximum atomic E-state index is 4.49. The Balaban J connectivity index is 2.11. The third-order valence-electron chi connectivity index (χ3n) is 3.35. The zero-order chi connectivity index (χ0) is 11.5. The summed E-state index contributed by atoms with van der Waals surface area (Å²) in [6, 6.07) is 2.05. The van der Waals surface area contributed by atoms with Crippen molar-refractivity contribution in [3.63, 3.8) is 0 Å². The maximum absolute atomic E-state index is 4.49. The molecule has 0 aromatic carbocycles. The van der Waals surface area contributed by atoms with E-state index in [0.717, 1.165) is 22.8 Å². The summed E-state index contributed by atoms with van der Waals surface area (Å²) < 4.78 is 1.16. The van der Waals surface area contributed by atoms with E-state index in [1.807, 2.05) is 12.3 Å². The third-order valence-corrected chi connectivity index (χ3v) is 4.33. The van der Waals surface area contributed by atoms with Gasteiger partial charge in [0.05, 0.1) is 4.47 Å². The second kappa shape index (κ2) is 5.17. The molecule has 0 spiro atoms. The summed E-state index contributed by atoms with van der Waals surface area (Å²) in [6.45, 7) is 6.71. The van der Waals surface area contributed by atoms with Crippen LogP contribution in [0.4, 0.5) is 5.82 Å². The van der Waals surface area contributed by atoms with Crippen molar-refractivity contribution in [2.45, 2.75) is 33.1 Å². The minimum atomic E-state index is 0.860. The predicted octanol–water partition coefficient (Wildman–Crippen LogP) is 3.78. The fourth-order valence-electron chi connectivity index (χ4n) is 2.42. The number of halogens is 1. The lowest BCUT2D eigenvalue weighted by Crippen LogP contribution is -2.21. The van der Waals surface area contributed by atoms with Crippen molar-refractivity contribution in [2.75, 3.05) is 18.0 Å². The first-order valence-corrected chi connectivity index (χ1v) is 6.87. The molecular formula is C13H19BrN2. The van der Waals surface area contributed by atoms with E-state index in [9.17, 15) is 0 Å². The summed E-state index contributed by atoms with van der Waals surface area (Å²) >= 11 is 3.64. The number of nitrogens with zero attached hydrogens (tertiary/aromatic N) is 2. The third kappa shape index (κ3) is 2.40. The Morgan fingerprint density at radius 2 is 2.38 bits per heavy atom. The van der Waals surface area contributed by atoms with Crippen LogP contribution >= 0.6 is 15.9 Å². The highest BCUT2D eigenvalue weighted by Crippen LogP contribution is 2.31. The van der Waals surface area contributed by atoms with Gasteiger partial charge in [0, 0.05) is 19.3 Å². The van der Waals surface area contributed by atoms with E-state index >= 15 is 0 Å². The van der Waals surface area contributed by atoms with Gasteiger partial charge in [-0.3, -0.25) is 0 Å². The summed E-state index contributed by atoms with van der Waals surface area (Å²) in [7, 11) is 0. The van der Waals surface area contributed by atoms with Gasteiger partial charge in [-0.1, -0.05) is 13.3 Å². The van der Waals surface area contributed by atoms with Gasteiger partial charge in [-0.05, 0) is 53.2 Å². The zero-order valence-electron chi connectivity index (χ0n) is 10.0. The van der Waals surface area contributed by atoms with Gasteiger partial charge < -0.3 is 4.90 Å². The Hall–Kier alpha value is -0.570. The molecule has 88 valence electrons. The van der Waals surface area contributed by atoms with Crippen LogP contribution in [-0.4, -0.2) is 18.1 Å². The highest BCUT2D eigenvalue weighted by molar-refractivity contribution is 9.10. The van der Waals surface area contributed by atoms with Gasteiger partial charge in [-0.2, -0.15) is 0 Å². The Morgan fingerprint density at radius 3 is 3.12 bits per heavy atom. The molecule has 1 aromatic heterocycles. The Kier molecular flexibility index (Phi) is 3.85. The molecule has 0 radical (unpaired) electrons. The first kappa shape index (κ1) is 11.9. The van der Waals surface area contributed by atoms with Crippen molar-refractivity contribution in [1.29, 1.82) is 0 Å². The molecule has 0 amide bonds. The van der Waals surface area contributed by atoms with Crippen LogP contribution in [0.1, 0.15) is 31.7 Å². The van der Waals surface area contributed by atoms with E-state index in [0.29, 0.717) is 0 Å². The second-order valence-electron chi connectivity index (χ2n) is 4.65. The smallest absolute Gasteiger partial charge is 0.143 e. The standard InChI is InChI=1S/C13H19BrN2/c1-3-4-11-6-8-16(9-11)13-12(14)10(2)5-7-15-13/h5,7,11H,3-4,6,8-9H2,1-2H3. The molecule has 0 aliphatic carbocycles. The lowest BCUT2D eigenvalue weighted by molar-refractivity contribution is 0.529. The molecule has 2 rings (SSSR count). The summed E-state index contributed by atoms with van der Waals surface area (Å²) in [5.74, 6) is 1.98. The van der Waals surface area contributed by atoms with Crippen LogP contribution in [-0.2, 0) is 0 Å². The number of pyridine rings is 1. The Bertz CT molecular complexity index is 365. The fourth-order valence-corrected chi connectivity index (χ4v) is 2.90. The van der Waals surface area contributed by atoms with Gasteiger partial charge in [0.15, 0.2) is 0 Å². The van der Waals surface area contributed by atoms with Crippen LogP contribution in [0.5, 0.6) is 0 Å². The van der Waals surface area contributed by atoms with Crippen molar-refractivity contribution in [2.24, 2.45) is 5.92 Å². The minimum absolute atomic E-state index is 0.860. The van der Waals surface area contributed by atoms with Gasteiger partial charge >= 0.3 is 0 Å². The molecule has 0 bridgehead atoms. The van der Waals surface area contributed by atoms with Gasteiger partial charge in [0.25, 0.3) is 0 Å². The summed E-state index contributed by atoms with van der Waals surface area (Å²) in [5, 5.41) is 0. The quantitative estimate of drug-likeness (QED) is 0.839. The molecule has 1 fully saturated rings. The molecule has 0 N–H and O–H groups in total. The number of hydrogen-bond donors (Lipinski definition) is 0. The van der Waals surface area contributed by atoms with Crippen LogP contribution in [0.15, 0.2) is 16.7 Å². The first-order chi connectivity index (χ1) is 7.72. The van der Waals surface area contributed by atoms with Crippen molar-refractivity contribution in [3.05, 3.63) is 22.3 Å². The normalized spacial score (nSPS) is 20.4. The van der Waals surface area contributed by atoms with E-state index < -0.39 is 0 Å². The molecule has 0 saturated carbocycles. The molecule has 3 heteroatoms.